The Labute approximate surface area is 152 Å². The van der Waals surface area contributed by atoms with E-state index in [-0.39, 0.29) is 6.04 Å². The maximum Gasteiger partial charge on any atom is 0.0643 e. The Balaban J connectivity index is 2.52. The summed E-state index contributed by atoms with van der Waals surface area (Å²) in [6, 6.07) is 11.9. The topological polar surface area (TPSA) is 12.0 Å². The molecule has 1 nitrogen and oxygen atoms in total. The summed E-state index contributed by atoms with van der Waals surface area (Å²) in [7, 11) is 0. The van der Waals surface area contributed by atoms with Crippen molar-refractivity contribution in [3.8, 4) is 0 Å². The second kappa shape index (κ2) is 7.98. The van der Waals surface area contributed by atoms with E-state index in [9.17, 15) is 0 Å². The summed E-state index contributed by atoms with van der Waals surface area (Å²) in [6.07, 6.45) is 1.04. The van der Waals surface area contributed by atoms with Crippen LogP contribution in [-0.4, -0.2) is 6.54 Å². The molecule has 0 aromatic heterocycles. The van der Waals surface area contributed by atoms with Gasteiger partial charge in [-0.25, -0.2) is 0 Å². The van der Waals surface area contributed by atoms with Crippen LogP contribution < -0.4 is 5.32 Å². The highest BCUT2D eigenvalue weighted by Gasteiger charge is 2.20. The van der Waals surface area contributed by atoms with Gasteiger partial charge in [0.15, 0.2) is 0 Å². The molecule has 0 saturated carbocycles. The lowest BCUT2D eigenvalue weighted by molar-refractivity contribution is 0.597. The minimum atomic E-state index is -0.0111. The largest absolute Gasteiger partial charge is 0.306 e. The molecule has 2 aromatic carbocycles. The number of hydrogen-bond donors (Lipinski definition) is 1. The van der Waals surface area contributed by atoms with Crippen LogP contribution in [0.1, 0.15) is 30.5 Å². The van der Waals surface area contributed by atoms with Crippen LogP contribution in [0.25, 0.3) is 0 Å². The van der Waals surface area contributed by atoms with E-state index in [1.165, 1.54) is 0 Å². The fraction of sp³-hybridized carbons (Fsp3) is 0.250. The standard InChI is InChI=1S/C16H15Br2Cl2N/c1-2-8-21-16(11-4-3-5-14(19)15(11)20)12-9-10(17)6-7-13(12)18/h3-7,9,16,21H,2,8H2,1H3. The van der Waals surface area contributed by atoms with Crippen molar-refractivity contribution in [2.24, 2.45) is 0 Å². The second-order valence-electron chi connectivity index (χ2n) is 4.70. The van der Waals surface area contributed by atoms with E-state index >= 15 is 0 Å². The van der Waals surface area contributed by atoms with Crippen molar-refractivity contribution in [2.75, 3.05) is 6.54 Å². The molecule has 0 aliphatic carbocycles. The molecule has 0 bridgehead atoms. The third kappa shape index (κ3) is 4.23. The van der Waals surface area contributed by atoms with Crippen molar-refractivity contribution in [3.05, 3.63) is 66.5 Å². The first kappa shape index (κ1) is 17.3. The van der Waals surface area contributed by atoms with Crippen molar-refractivity contribution in [1.29, 1.82) is 0 Å². The molecule has 1 unspecified atom stereocenters. The number of nitrogens with one attached hydrogen (secondary N) is 1. The summed E-state index contributed by atoms with van der Waals surface area (Å²) >= 11 is 19.7. The highest BCUT2D eigenvalue weighted by molar-refractivity contribution is 9.11. The van der Waals surface area contributed by atoms with E-state index < -0.39 is 0 Å². The maximum atomic E-state index is 6.41. The summed E-state index contributed by atoms with van der Waals surface area (Å²) < 4.78 is 2.07. The highest BCUT2D eigenvalue weighted by atomic mass is 79.9. The van der Waals surface area contributed by atoms with Gasteiger partial charge in [-0.3, -0.25) is 0 Å². The Morgan fingerprint density at radius 1 is 1.10 bits per heavy atom. The van der Waals surface area contributed by atoms with Crippen molar-refractivity contribution in [1.82, 2.24) is 5.32 Å². The van der Waals surface area contributed by atoms with Gasteiger partial charge in [0.1, 0.15) is 0 Å². The van der Waals surface area contributed by atoms with E-state index in [0.717, 1.165) is 33.0 Å². The molecule has 0 heterocycles. The molecule has 0 fully saturated rings. The van der Waals surface area contributed by atoms with Crippen LogP contribution in [0.4, 0.5) is 0 Å². The van der Waals surface area contributed by atoms with Gasteiger partial charge in [0.25, 0.3) is 0 Å². The van der Waals surface area contributed by atoms with Crippen LogP contribution in [-0.2, 0) is 0 Å². The van der Waals surface area contributed by atoms with Crippen LogP contribution in [0.2, 0.25) is 10.0 Å². The Morgan fingerprint density at radius 3 is 2.57 bits per heavy atom. The van der Waals surface area contributed by atoms with Gasteiger partial charge >= 0.3 is 0 Å². The zero-order valence-electron chi connectivity index (χ0n) is 11.5. The maximum absolute atomic E-state index is 6.41. The Morgan fingerprint density at radius 2 is 1.86 bits per heavy atom. The molecule has 2 aromatic rings. The lowest BCUT2D eigenvalue weighted by atomic mass is 9.98. The van der Waals surface area contributed by atoms with E-state index in [4.69, 9.17) is 23.2 Å². The van der Waals surface area contributed by atoms with Gasteiger partial charge in [0.05, 0.1) is 16.1 Å². The molecule has 1 atom stereocenters. The second-order valence-corrected chi connectivity index (χ2v) is 7.25. The molecule has 1 N–H and O–H groups in total. The molecule has 0 aliphatic rings. The SMILES string of the molecule is CCCNC(c1cc(Br)ccc1Br)c1cccc(Cl)c1Cl. The Kier molecular flexibility index (Phi) is 6.57. The minimum Gasteiger partial charge on any atom is -0.306 e. The summed E-state index contributed by atoms with van der Waals surface area (Å²) in [5.74, 6) is 0. The number of hydrogen-bond acceptors (Lipinski definition) is 1. The van der Waals surface area contributed by atoms with Crippen molar-refractivity contribution >= 4 is 55.1 Å². The third-order valence-electron chi connectivity index (χ3n) is 3.16. The van der Waals surface area contributed by atoms with E-state index in [1.807, 2.05) is 24.3 Å². The quantitative estimate of drug-likeness (QED) is 0.539. The lowest BCUT2D eigenvalue weighted by Gasteiger charge is -2.22. The van der Waals surface area contributed by atoms with Crippen LogP contribution in [0.3, 0.4) is 0 Å². The number of halogens is 4. The summed E-state index contributed by atoms with van der Waals surface area (Å²) in [6.45, 7) is 3.03. The van der Waals surface area contributed by atoms with E-state index in [1.54, 1.807) is 6.07 Å². The van der Waals surface area contributed by atoms with Gasteiger partial charge in [0, 0.05) is 8.95 Å². The zero-order chi connectivity index (χ0) is 15.4. The van der Waals surface area contributed by atoms with Gasteiger partial charge in [-0.05, 0) is 48.4 Å². The molecular weight excluding hydrogens is 437 g/mol. The predicted molar refractivity (Wildman–Crippen MR) is 98.4 cm³/mol. The van der Waals surface area contributed by atoms with Crippen LogP contribution in [0.5, 0.6) is 0 Å². The average Bonchev–Trinajstić information content (AvgIpc) is 2.47. The van der Waals surface area contributed by atoms with Crippen LogP contribution >= 0.6 is 55.1 Å². The molecule has 0 aliphatic heterocycles. The molecule has 112 valence electrons. The smallest absolute Gasteiger partial charge is 0.0643 e. The molecular formula is C16H15Br2Cl2N. The van der Waals surface area contributed by atoms with Gasteiger partial charge in [-0.2, -0.15) is 0 Å². The first-order valence-corrected chi connectivity index (χ1v) is 9.01. The minimum absolute atomic E-state index is 0.0111. The van der Waals surface area contributed by atoms with E-state index in [0.29, 0.717) is 10.0 Å². The average molecular weight is 452 g/mol. The van der Waals surface area contributed by atoms with Crippen molar-refractivity contribution in [3.63, 3.8) is 0 Å². The Hall–Kier alpha value is -0.0600. The normalized spacial score (nSPS) is 12.4. The van der Waals surface area contributed by atoms with Gasteiger partial charge in [-0.15, -0.1) is 0 Å². The molecule has 0 radical (unpaired) electrons. The first-order chi connectivity index (χ1) is 10.0. The summed E-state index contributed by atoms with van der Waals surface area (Å²) in [4.78, 5) is 0. The molecule has 2 rings (SSSR count). The summed E-state index contributed by atoms with van der Waals surface area (Å²) in [5.41, 5.74) is 2.11. The van der Waals surface area contributed by atoms with Crippen LogP contribution in [0.15, 0.2) is 45.3 Å². The van der Waals surface area contributed by atoms with Gasteiger partial charge in [0.2, 0.25) is 0 Å². The Bertz CT molecular complexity index is 630. The fourth-order valence-electron chi connectivity index (χ4n) is 2.16. The molecule has 0 saturated heterocycles. The zero-order valence-corrected chi connectivity index (χ0v) is 16.2. The first-order valence-electron chi connectivity index (χ1n) is 6.66. The summed E-state index contributed by atoms with van der Waals surface area (Å²) in [5, 5.41) is 4.71. The third-order valence-corrected chi connectivity index (χ3v) is 5.21. The lowest BCUT2D eigenvalue weighted by Crippen LogP contribution is -2.24. The number of benzene rings is 2. The van der Waals surface area contributed by atoms with Crippen molar-refractivity contribution < 1.29 is 0 Å². The van der Waals surface area contributed by atoms with Gasteiger partial charge in [-0.1, -0.05) is 74.1 Å². The fourth-order valence-corrected chi connectivity index (χ4v) is 3.43. The monoisotopic (exact) mass is 449 g/mol. The van der Waals surface area contributed by atoms with Crippen molar-refractivity contribution in [2.45, 2.75) is 19.4 Å². The molecule has 21 heavy (non-hydrogen) atoms. The number of rotatable bonds is 5. The van der Waals surface area contributed by atoms with Crippen LogP contribution in [0, 0.1) is 0 Å². The van der Waals surface area contributed by atoms with Gasteiger partial charge < -0.3 is 5.32 Å². The molecule has 0 spiro atoms. The molecule has 0 amide bonds. The molecule has 5 heteroatoms. The van der Waals surface area contributed by atoms with E-state index in [2.05, 4.69) is 50.2 Å². The highest BCUT2D eigenvalue weighted by Crippen LogP contribution is 2.36. The predicted octanol–water partition coefficient (Wildman–Crippen LogP) is 6.61.